The fourth-order valence-corrected chi connectivity index (χ4v) is 1.93. The van der Waals surface area contributed by atoms with Crippen molar-refractivity contribution in [3.8, 4) is 0 Å². The molecular weight excluding hydrogens is 265 g/mol. The highest BCUT2D eigenvalue weighted by molar-refractivity contribution is 5.96. The molecule has 1 saturated heterocycles. The molecule has 110 valence electrons. The third-order valence-corrected chi connectivity index (χ3v) is 2.92. The first-order chi connectivity index (χ1) is 8.76. The van der Waals surface area contributed by atoms with E-state index >= 15 is 0 Å². The number of piperazine rings is 1. The molecule has 0 spiro atoms. The van der Waals surface area contributed by atoms with Crippen molar-refractivity contribution in [1.29, 1.82) is 0 Å². The van der Waals surface area contributed by atoms with Crippen LogP contribution in [0.15, 0.2) is 0 Å². The van der Waals surface area contributed by atoms with E-state index in [1.54, 1.807) is 0 Å². The molecule has 1 aliphatic heterocycles. The van der Waals surface area contributed by atoms with Gasteiger partial charge in [-0.3, -0.25) is 14.3 Å². The average molecular weight is 282 g/mol. The molecule has 0 bridgehead atoms. The summed E-state index contributed by atoms with van der Waals surface area (Å²) in [5, 5.41) is 2.56. The molecule has 2 amide bonds. The van der Waals surface area contributed by atoms with Gasteiger partial charge in [-0.05, 0) is 13.3 Å². The molecule has 0 aromatic rings. The van der Waals surface area contributed by atoms with E-state index in [2.05, 4.69) is 10.1 Å². The lowest BCUT2D eigenvalue weighted by Gasteiger charge is -2.37. The van der Waals surface area contributed by atoms with Gasteiger partial charge in [-0.15, -0.1) is 13.2 Å². The minimum Gasteiger partial charge on any atom is -0.343 e. The molecule has 19 heavy (non-hydrogen) atoms. The summed E-state index contributed by atoms with van der Waals surface area (Å²) in [6.07, 6.45) is -3.57. The van der Waals surface area contributed by atoms with Gasteiger partial charge in [0.25, 0.3) is 0 Å². The zero-order valence-corrected chi connectivity index (χ0v) is 10.8. The van der Waals surface area contributed by atoms with Crippen molar-refractivity contribution in [2.75, 3.05) is 13.2 Å². The van der Waals surface area contributed by atoms with Crippen LogP contribution in [0.25, 0.3) is 0 Å². The second kappa shape index (κ2) is 6.23. The lowest BCUT2D eigenvalue weighted by atomic mass is 10.0. The number of rotatable bonds is 5. The maximum absolute atomic E-state index is 12.0. The first-order valence-electron chi connectivity index (χ1n) is 6.07. The van der Waals surface area contributed by atoms with Gasteiger partial charge in [0.15, 0.2) is 0 Å². The van der Waals surface area contributed by atoms with E-state index < -0.39 is 25.1 Å². The zero-order chi connectivity index (χ0) is 14.6. The first kappa shape index (κ1) is 15.7. The average Bonchev–Trinajstić information content (AvgIpc) is 2.29. The van der Waals surface area contributed by atoms with Crippen molar-refractivity contribution in [3.05, 3.63) is 0 Å². The van der Waals surface area contributed by atoms with Crippen molar-refractivity contribution in [2.45, 2.75) is 45.1 Å². The standard InChI is InChI=1S/C11H17F3N2O3/c1-3-4-8-10(18)16(7(2)9(17)15-8)5-6-19-11(12,13)14/h7-8H,3-6H2,1-2H3,(H,15,17). The molecule has 5 nitrogen and oxygen atoms in total. The maximum Gasteiger partial charge on any atom is 0.522 e. The van der Waals surface area contributed by atoms with Crippen molar-refractivity contribution >= 4 is 11.8 Å². The number of nitrogens with one attached hydrogen (secondary N) is 1. The number of amides is 2. The minimum atomic E-state index is -4.73. The molecule has 0 saturated carbocycles. The summed E-state index contributed by atoms with van der Waals surface area (Å²) < 4.78 is 39.3. The summed E-state index contributed by atoms with van der Waals surface area (Å²) in [6, 6.07) is -1.43. The molecule has 1 heterocycles. The van der Waals surface area contributed by atoms with Gasteiger partial charge in [-0.1, -0.05) is 13.3 Å². The summed E-state index contributed by atoms with van der Waals surface area (Å²) in [6.45, 7) is 2.40. The number of ether oxygens (including phenoxy) is 1. The minimum absolute atomic E-state index is 0.257. The van der Waals surface area contributed by atoms with E-state index in [1.807, 2.05) is 6.92 Å². The number of hydrogen-bond acceptors (Lipinski definition) is 3. The Morgan fingerprint density at radius 1 is 1.37 bits per heavy atom. The molecular formula is C11H17F3N2O3. The highest BCUT2D eigenvalue weighted by Crippen LogP contribution is 2.17. The Balaban J connectivity index is 2.62. The number of carbonyl (C=O) groups is 2. The van der Waals surface area contributed by atoms with E-state index in [0.717, 1.165) is 4.90 Å². The number of carbonyl (C=O) groups excluding carboxylic acids is 2. The van der Waals surface area contributed by atoms with Crippen LogP contribution in [0.5, 0.6) is 0 Å². The third-order valence-electron chi connectivity index (χ3n) is 2.92. The molecule has 0 aromatic heterocycles. The highest BCUT2D eigenvalue weighted by atomic mass is 19.4. The van der Waals surface area contributed by atoms with Gasteiger partial charge in [0.05, 0.1) is 6.61 Å². The number of alkyl halides is 3. The van der Waals surface area contributed by atoms with E-state index in [-0.39, 0.29) is 18.4 Å². The first-order valence-corrected chi connectivity index (χ1v) is 6.07. The van der Waals surface area contributed by atoms with Crippen molar-refractivity contribution in [2.24, 2.45) is 0 Å². The molecule has 0 radical (unpaired) electrons. The molecule has 0 aromatic carbocycles. The fourth-order valence-electron chi connectivity index (χ4n) is 1.93. The second-order valence-corrected chi connectivity index (χ2v) is 4.35. The largest absolute Gasteiger partial charge is 0.522 e. The molecule has 8 heteroatoms. The van der Waals surface area contributed by atoms with E-state index in [4.69, 9.17) is 0 Å². The topological polar surface area (TPSA) is 58.6 Å². The van der Waals surface area contributed by atoms with Gasteiger partial charge in [-0.25, -0.2) is 0 Å². The molecule has 1 rings (SSSR count). The lowest BCUT2D eigenvalue weighted by Crippen LogP contribution is -2.62. The Morgan fingerprint density at radius 2 is 2.00 bits per heavy atom. The Morgan fingerprint density at radius 3 is 2.53 bits per heavy atom. The summed E-state index contributed by atoms with van der Waals surface area (Å²) in [5.41, 5.74) is 0. The van der Waals surface area contributed by atoms with Crippen LogP contribution in [-0.4, -0.2) is 48.3 Å². The van der Waals surface area contributed by atoms with Crippen molar-refractivity contribution in [3.63, 3.8) is 0 Å². The van der Waals surface area contributed by atoms with Gasteiger partial charge >= 0.3 is 6.36 Å². The van der Waals surface area contributed by atoms with Crippen LogP contribution in [0.1, 0.15) is 26.7 Å². The van der Waals surface area contributed by atoms with E-state index in [1.165, 1.54) is 6.92 Å². The summed E-state index contributed by atoms with van der Waals surface area (Å²) in [5.74, 6) is -0.718. The zero-order valence-electron chi connectivity index (χ0n) is 10.8. The predicted molar refractivity (Wildman–Crippen MR) is 60.0 cm³/mol. The molecule has 1 N–H and O–H groups in total. The second-order valence-electron chi connectivity index (χ2n) is 4.35. The normalized spacial score (nSPS) is 24.6. The molecule has 0 aliphatic carbocycles. The van der Waals surface area contributed by atoms with Crippen LogP contribution in [0.4, 0.5) is 13.2 Å². The Labute approximate surface area is 109 Å². The number of nitrogens with zero attached hydrogens (tertiary/aromatic N) is 1. The van der Waals surface area contributed by atoms with Crippen LogP contribution >= 0.6 is 0 Å². The molecule has 2 unspecified atom stereocenters. The Hall–Kier alpha value is -1.31. The Kier molecular flexibility index (Phi) is 5.16. The van der Waals surface area contributed by atoms with Crippen molar-refractivity contribution < 1.29 is 27.5 Å². The monoisotopic (exact) mass is 282 g/mol. The maximum atomic E-state index is 12.0. The summed E-state index contributed by atoms with van der Waals surface area (Å²) in [7, 11) is 0. The van der Waals surface area contributed by atoms with Gasteiger partial charge in [0, 0.05) is 6.54 Å². The van der Waals surface area contributed by atoms with Gasteiger partial charge in [0.1, 0.15) is 12.1 Å². The summed E-state index contributed by atoms with van der Waals surface area (Å²) in [4.78, 5) is 24.8. The molecule has 1 fully saturated rings. The fraction of sp³-hybridized carbons (Fsp3) is 0.818. The van der Waals surface area contributed by atoms with E-state index in [0.29, 0.717) is 12.8 Å². The van der Waals surface area contributed by atoms with Crippen LogP contribution in [-0.2, 0) is 14.3 Å². The van der Waals surface area contributed by atoms with Crippen LogP contribution in [0, 0.1) is 0 Å². The molecule has 2 atom stereocenters. The van der Waals surface area contributed by atoms with E-state index in [9.17, 15) is 22.8 Å². The Bertz CT molecular complexity index is 347. The third kappa shape index (κ3) is 4.38. The highest BCUT2D eigenvalue weighted by Gasteiger charge is 2.38. The predicted octanol–water partition coefficient (Wildman–Crippen LogP) is 1.04. The van der Waals surface area contributed by atoms with Gasteiger partial charge in [-0.2, -0.15) is 0 Å². The van der Waals surface area contributed by atoms with Crippen LogP contribution < -0.4 is 5.32 Å². The van der Waals surface area contributed by atoms with Crippen LogP contribution in [0.3, 0.4) is 0 Å². The smallest absolute Gasteiger partial charge is 0.343 e. The summed E-state index contributed by atoms with van der Waals surface area (Å²) >= 11 is 0. The van der Waals surface area contributed by atoms with Gasteiger partial charge < -0.3 is 10.2 Å². The quantitative estimate of drug-likeness (QED) is 0.819. The SMILES string of the molecule is CCCC1NC(=O)C(C)N(CCOC(F)(F)F)C1=O. The number of hydrogen-bond donors (Lipinski definition) is 1. The lowest BCUT2D eigenvalue weighted by molar-refractivity contribution is -0.325. The van der Waals surface area contributed by atoms with Gasteiger partial charge in [0.2, 0.25) is 11.8 Å². The molecule has 1 aliphatic rings. The van der Waals surface area contributed by atoms with Crippen molar-refractivity contribution in [1.82, 2.24) is 10.2 Å². The number of halogens is 3. The van der Waals surface area contributed by atoms with Crippen LogP contribution in [0.2, 0.25) is 0 Å².